The van der Waals surface area contributed by atoms with Gasteiger partial charge >= 0.3 is 5.97 Å². The van der Waals surface area contributed by atoms with E-state index in [0.29, 0.717) is 15.8 Å². The standard InChI is InChI=1S/C18H15N3O5S2/c1-26-16(22)10-20-14-9-12(21(24)25)6-7-15(14)28-18(20)19-17(23)11-4-3-5-13(8-11)27-2/h3-9H,10H2,1-2H3. The summed E-state index contributed by atoms with van der Waals surface area (Å²) >= 11 is 2.68. The Morgan fingerprint density at radius 1 is 1.29 bits per heavy atom. The Morgan fingerprint density at radius 3 is 2.75 bits per heavy atom. The third kappa shape index (κ3) is 4.12. The van der Waals surface area contributed by atoms with E-state index < -0.39 is 16.8 Å². The van der Waals surface area contributed by atoms with E-state index in [0.717, 1.165) is 4.90 Å². The number of thioether (sulfide) groups is 1. The minimum atomic E-state index is -0.551. The monoisotopic (exact) mass is 417 g/mol. The highest BCUT2D eigenvalue weighted by Gasteiger charge is 2.16. The molecule has 0 spiro atoms. The Bertz CT molecular complexity index is 1150. The smallest absolute Gasteiger partial charge is 0.325 e. The van der Waals surface area contributed by atoms with Crippen molar-refractivity contribution < 1.29 is 19.2 Å². The van der Waals surface area contributed by atoms with E-state index in [4.69, 9.17) is 4.74 Å². The molecule has 0 N–H and O–H groups in total. The highest BCUT2D eigenvalue weighted by atomic mass is 32.2. The van der Waals surface area contributed by atoms with Gasteiger partial charge in [0.1, 0.15) is 6.54 Å². The van der Waals surface area contributed by atoms with Crippen LogP contribution in [0.2, 0.25) is 0 Å². The van der Waals surface area contributed by atoms with Crippen LogP contribution in [0.5, 0.6) is 0 Å². The van der Waals surface area contributed by atoms with Gasteiger partial charge in [-0.05, 0) is 30.5 Å². The first-order chi connectivity index (χ1) is 13.4. The van der Waals surface area contributed by atoms with E-state index >= 15 is 0 Å². The Kier molecular flexibility index (Phi) is 5.90. The predicted molar refractivity (Wildman–Crippen MR) is 107 cm³/mol. The van der Waals surface area contributed by atoms with Gasteiger partial charge in [-0.25, -0.2) is 0 Å². The number of benzene rings is 2. The van der Waals surface area contributed by atoms with Crippen molar-refractivity contribution in [3.8, 4) is 0 Å². The van der Waals surface area contributed by atoms with Crippen molar-refractivity contribution in [3.05, 3.63) is 62.9 Å². The number of methoxy groups -OCH3 is 1. The molecule has 0 aliphatic rings. The van der Waals surface area contributed by atoms with Crippen molar-refractivity contribution in [2.24, 2.45) is 4.99 Å². The van der Waals surface area contributed by atoms with E-state index in [1.54, 1.807) is 24.3 Å². The molecule has 2 aromatic carbocycles. The lowest BCUT2D eigenvalue weighted by Gasteiger charge is -2.04. The quantitative estimate of drug-likeness (QED) is 0.273. The Labute approximate surface area is 167 Å². The van der Waals surface area contributed by atoms with E-state index in [9.17, 15) is 19.7 Å². The second-order valence-electron chi connectivity index (χ2n) is 5.60. The molecular weight excluding hydrogens is 402 g/mol. The minimum absolute atomic E-state index is 0.116. The largest absolute Gasteiger partial charge is 0.468 e. The zero-order valence-corrected chi connectivity index (χ0v) is 16.6. The zero-order chi connectivity index (χ0) is 20.3. The van der Waals surface area contributed by atoms with Crippen LogP contribution in [-0.4, -0.2) is 34.7 Å². The number of hydrogen-bond donors (Lipinski definition) is 0. The van der Waals surface area contributed by atoms with Gasteiger partial charge in [0.25, 0.3) is 11.6 Å². The molecule has 0 fully saturated rings. The summed E-state index contributed by atoms with van der Waals surface area (Å²) < 4.78 is 6.83. The van der Waals surface area contributed by atoms with Crippen LogP contribution in [0.4, 0.5) is 5.69 Å². The molecule has 3 aromatic rings. The first-order valence-corrected chi connectivity index (χ1v) is 10.0. The van der Waals surface area contributed by atoms with Crippen LogP contribution in [0.3, 0.4) is 0 Å². The fourth-order valence-electron chi connectivity index (χ4n) is 2.51. The third-order valence-corrected chi connectivity index (χ3v) is 5.69. The maximum absolute atomic E-state index is 12.6. The predicted octanol–water partition coefficient (Wildman–Crippen LogP) is 3.25. The van der Waals surface area contributed by atoms with Gasteiger partial charge in [0, 0.05) is 22.6 Å². The van der Waals surface area contributed by atoms with Crippen LogP contribution >= 0.6 is 23.1 Å². The number of thiazole rings is 1. The SMILES string of the molecule is COC(=O)Cn1c(=NC(=O)c2cccc(SC)c2)sc2ccc([N+](=O)[O-])cc21. The summed E-state index contributed by atoms with van der Waals surface area (Å²) in [6.07, 6.45) is 1.91. The van der Waals surface area contributed by atoms with Gasteiger partial charge in [0.05, 0.1) is 22.2 Å². The molecule has 10 heteroatoms. The normalized spacial score (nSPS) is 11.6. The average molecular weight is 417 g/mol. The van der Waals surface area contributed by atoms with Gasteiger partial charge < -0.3 is 9.30 Å². The van der Waals surface area contributed by atoms with Gasteiger partial charge in [-0.15, -0.1) is 11.8 Å². The van der Waals surface area contributed by atoms with Crippen molar-refractivity contribution in [2.75, 3.05) is 13.4 Å². The van der Waals surface area contributed by atoms with E-state index in [1.165, 1.54) is 46.9 Å². The summed E-state index contributed by atoms with van der Waals surface area (Å²) in [5.74, 6) is -1.01. The molecule has 1 heterocycles. The molecule has 0 saturated carbocycles. The van der Waals surface area contributed by atoms with Crippen LogP contribution in [0.1, 0.15) is 10.4 Å². The lowest BCUT2D eigenvalue weighted by Crippen LogP contribution is -2.22. The Hall–Kier alpha value is -2.98. The fraction of sp³-hybridized carbons (Fsp3) is 0.167. The number of nitrogens with zero attached hydrogens (tertiary/aromatic N) is 3. The maximum atomic E-state index is 12.6. The summed E-state index contributed by atoms with van der Waals surface area (Å²) in [6, 6.07) is 11.3. The molecule has 3 rings (SSSR count). The van der Waals surface area contributed by atoms with E-state index in [2.05, 4.69) is 4.99 Å². The number of carbonyl (C=O) groups excluding carboxylic acids is 2. The number of nitro benzene ring substituents is 1. The summed E-state index contributed by atoms with van der Waals surface area (Å²) in [4.78, 5) is 40.4. The Balaban J connectivity index is 2.16. The molecule has 1 amide bonds. The second kappa shape index (κ2) is 8.36. The minimum Gasteiger partial charge on any atom is -0.468 e. The second-order valence-corrected chi connectivity index (χ2v) is 7.49. The number of rotatable bonds is 5. The molecular formula is C18H15N3O5S2. The molecule has 0 saturated heterocycles. The van der Waals surface area contributed by atoms with Crippen molar-refractivity contribution in [1.29, 1.82) is 0 Å². The number of esters is 1. The van der Waals surface area contributed by atoms with Gasteiger partial charge in [-0.2, -0.15) is 4.99 Å². The number of nitro groups is 1. The number of aromatic nitrogens is 1. The van der Waals surface area contributed by atoms with Gasteiger partial charge in [-0.1, -0.05) is 17.4 Å². The van der Waals surface area contributed by atoms with Crippen LogP contribution in [0.25, 0.3) is 10.2 Å². The summed E-state index contributed by atoms with van der Waals surface area (Å²) in [5.41, 5.74) is 0.739. The number of hydrogen-bond acceptors (Lipinski definition) is 7. The van der Waals surface area contributed by atoms with Crippen molar-refractivity contribution in [3.63, 3.8) is 0 Å². The molecule has 0 unspecified atom stereocenters. The molecule has 1 aromatic heterocycles. The molecule has 8 nitrogen and oxygen atoms in total. The van der Waals surface area contributed by atoms with Crippen LogP contribution in [0, 0.1) is 10.1 Å². The summed E-state index contributed by atoms with van der Waals surface area (Å²) in [5, 5.41) is 11.1. The van der Waals surface area contributed by atoms with Crippen LogP contribution in [0.15, 0.2) is 52.4 Å². The van der Waals surface area contributed by atoms with Crippen LogP contribution < -0.4 is 4.80 Å². The van der Waals surface area contributed by atoms with Crippen LogP contribution in [-0.2, 0) is 16.1 Å². The van der Waals surface area contributed by atoms with Crippen molar-refractivity contribution >= 4 is 50.9 Å². The summed E-state index contributed by atoms with van der Waals surface area (Å²) in [6.45, 7) is -0.214. The molecule has 28 heavy (non-hydrogen) atoms. The van der Waals surface area contributed by atoms with Crippen molar-refractivity contribution in [2.45, 2.75) is 11.4 Å². The molecule has 0 radical (unpaired) electrons. The molecule has 0 atom stereocenters. The number of non-ortho nitro benzene ring substituents is 1. The van der Waals surface area contributed by atoms with Gasteiger partial charge in [0.15, 0.2) is 4.80 Å². The first kappa shape index (κ1) is 19.8. The van der Waals surface area contributed by atoms with E-state index in [-0.39, 0.29) is 17.0 Å². The van der Waals surface area contributed by atoms with Crippen molar-refractivity contribution in [1.82, 2.24) is 4.57 Å². The molecule has 0 aliphatic heterocycles. The van der Waals surface area contributed by atoms with Gasteiger partial charge in [-0.3, -0.25) is 19.7 Å². The van der Waals surface area contributed by atoms with E-state index in [1.807, 2.05) is 12.3 Å². The Morgan fingerprint density at radius 2 is 2.07 bits per heavy atom. The zero-order valence-electron chi connectivity index (χ0n) is 14.9. The topological polar surface area (TPSA) is 104 Å². The number of fused-ring (bicyclic) bond motifs is 1. The maximum Gasteiger partial charge on any atom is 0.325 e. The first-order valence-electron chi connectivity index (χ1n) is 8.00. The lowest BCUT2D eigenvalue weighted by atomic mass is 10.2. The fourth-order valence-corrected chi connectivity index (χ4v) is 3.98. The molecule has 0 bridgehead atoms. The number of carbonyl (C=O) groups is 2. The number of ether oxygens (including phenoxy) is 1. The highest BCUT2D eigenvalue weighted by Crippen LogP contribution is 2.23. The number of amides is 1. The van der Waals surface area contributed by atoms with Gasteiger partial charge in [0.2, 0.25) is 0 Å². The molecule has 0 aliphatic carbocycles. The third-order valence-electron chi connectivity index (χ3n) is 3.91. The highest BCUT2D eigenvalue weighted by molar-refractivity contribution is 7.98. The summed E-state index contributed by atoms with van der Waals surface area (Å²) in [7, 11) is 1.25. The average Bonchev–Trinajstić information content (AvgIpc) is 3.03. The molecule has 144 valence electrons. The lowest BCUT2D eigenvalue weighted by molar-refractivity contribution is -0.384.